The summed E-state index contributed by atoms with van der Waals surface area (Å²) in [6.07, 6.45) is -1.44. The average molecular weight is 389 g/mol. The molecule has 1 amide bonds. The Balaban J connectivity index is 0.00000338. The topological polar surface area (TPSA) is 80.0 Å². The monoisotopic (exact) mass is 388 g/mol. The van der Waals surface area contributed by atoms with Gasteiger partial charge in [-0.1, -0.05) is 6.07 Å². The number of benzene rings is 1. The quantitative estimate of drug-likeness (QED) is 0.631. The van der Waals surface area contributed by atoms with Crippen molar-refractivity contribution in [3.8, 4) is 0 Å². The maximum Gasteiger partial charge on any atom is 0.416 e. The lowest BCUT2D eigenvalue weighted by Crippen LogP contribution is -2.25. The van der Waals surface area contributed by atoms with E-state index in [0.717, 1.165) is 25.0 Å². The summed E-state index contributed by atoms with van der Waals surface area (Å²) < 4.78 is 38.4. The molecular formula is C17H20ClF3N4O. The lowest BCUT2D eigenvalue weighted by Gasteiger charge is -2.13. The Morgan fingerprint density at radius 3 is 2.62 bits per heavy atom. The van der Waals surface area contributed by atoms with Crippen LogP contribution in [0.2, 0.25) is 0 Å². The van der Waals surface area contributed by atoms with E-state index in [9.17, 15) is 18.0 Å². The number of aromatic nitrogens is 1. The fourth-order valence-corrected chi connectivity index (χ4v) is 2.16. The van der Waals surface area contributed by atoms with Crippen LogP contribution in [0, 0.1) is 0 Å². The molecule has 0 unspecified atom stereocenters. The number of nitrogens with two attached hydrogens (primary N) is 1. The molecule has 142 valence electrons. The number of amides is 1. The summed E-state index contributed by atoms with van der Waals surface area (Å²) in [6.45, 7) is 1.01. The minimum absolute atomic E-state index is 0. The summed E-state index contributed by atoms with van der Waals surface area (Å²) in [5.74, 6) is -0.155. The minimum atomic E-state index is -4.44. The van der Waals surface area contributed by atoms with E-state index in [4.69, 9.17) is 5.73 Å². The van der Waals surface area contributed by atoms with Crippen molar-refractivity contribution in [2.45, 2.75) is 19.0 Å². The smallest absolute Gasteiger partial charge is 0.352 e. The molecule has 2 rings (SSSR count). The lowest BCUT2D eigenvalue weighted by molar-refractivity contribution is -0.137. The van der Waals surface area contributed by atoms with Gasteiger partial charge >= 0.3 is 6.18 Å². The van der Waals surface area contributed by atoms with Crippen LogP contribution in [-0.4, -0.2) is 24.0 Å². The van der Waals surface area contributed by atoms with Crippen LogP contribution in [0.4, 0.5) is 24.7 Å². The van der Waals surface area contributed by atoms with E-state index in [-0.39, 0.29) is 35.4 Å². The van der Waals surface area contributed by atoms with E-state index in [1.54, 1.807) is 12.1 Å². The van der Waals surface area contributed by atoms with E-state index < -0.39 is 11.7 Å². The van der Waals surface area contributed by atoms with Crippen molar-refractivity contribution in [2.24, 2.45) is 5.73 Å². The van der Waals surface area contributed by atoms with Crippen LogP contribution < -0.4 is 16.4 Å². The number of hydrogen-bond acceptors (Lipinski definition) is 4. The molecule has 0 aliphatic rings. The fourth-order valence-electron chi connectivity index (χ4n) is 2.16. The predicted molar refractivity (Wildman–Crippen MR) is 96.8 cm³/mol. The molecule has 1 aromatic heterocycles. The van der Waals surface area contributed by atoms with E-state index in [2.05, 4.69) is 15.6 Å². The van der Waals surface area contributed by atoms with Crippen LogP contribution in [0.15, 0.2) is 42.6 Å². The van der Waals surface area contributed by atoms with Gasteiger partial charge in [0.2, 0.25) is 0 Å². The lowest BCUT2D eigenvalue weighted by atomic mass is 10.2. The molecule has 0 aliphatic carbocycles. The van der Waals surface area contributed by atoms with Gasteiger partial charge in [-0.15, -0.1) is 12.4 Å². The molecule has 5 nitrogen and oxygen atoms in total. The Bertz CT molecular complexity index is 725. The van der Waals surface area contributed by atoms with Crippen molar-refractivity contribution >= 4 is 29.8 Å². The molecule has 0 saturated carbocycles. The molecular weight excluding hydrogens is 369 g/mol. The van der Waals surface area contributed by atoms with Gasteiger partial charge in [0.05, 0.1) is 11.1 Å². The number of anilines is 2. The first-order valence-electron chi connectivity index (χ1n) is 7.79. The van der Waals surface area contributed by atoms with Crippen LogP contribution in [-0.2, 0) is 6.18 Å². The van der Waals surface area contributed by atoms with Crippen molar-refractivity contribution < 1.29 is 18.0 Å². The van der Waals surface area contributed by atoms with Crippen molar-refractivity contribution in [3.05, 3.63) is 53.7 Å². The number of halogens is 4. The first kappa shape index (κ1) is 21.7. The summed E-state index contributed by atoms with van der Waals surface area (Å²) in [5, 5.41) is 5.52. The number of pyridine rings is 1. The summed E-state index contributed by atoms with van der Waals surface area (Å²) in [5.41, 5.74) is 5.08. The normalized spacial score (nSPS) is 10.8. The zero-order valence-corrected chi connectivity index (χ0v) is 14.7. The van der Waals surface area contributed by atoms with E-state index in [0.29, 0.717) is 13.1 Å². The second kappa shape index (κ2) is 9.98. The van der Waals surface area contributed by atoms with Crippen molar-refractivity contribution in [1.29, 1.82) is 0 Å². The SMILES string of the molecule is Cl.NCCCCNC(=O)c1cccnc1Nc1cccc(C(F)(F)F)c1. The molecule has 0 bridgehead atoms. The number of unbranched alkanes of at least 4 members (excludes halogenated alkanes) is 1. The molecule has 0 saturated heterocycles. The molecule has 4 N–H and O–H groups in total. The van der Waals surface area contributed by atoms with E-state index in [1.165, 1.54) is 18.3 Å². The largest absolute Gasteiger partial charge is 0.416 e. The van der Waals surface area contributed by atoms with Gasteiger partial charge < -0.3 is 16.4 Å². The van der Waals surface area contributed by atoms with Gasteiger partial charge in [-0.3, -0.25) is 4.79 Å². The molecule has 0 spiro atoms. The predicted octanol–water partition coefficient (Wildman–Crippen LogP) is 3.73. The maximum atomic E-state index is 12.8. The molecule has 9 heteroatoms. The highest BCUT2D eigenvalue weighted by atomic mass is 35.5. The van der Waals surface area contributed by atoms with Crippen LogP contribution >= 0.6 is 12.4 Å². The zero-order valence-electron chi connectivity index (χ0n) is 13.8. The molecule has 0 fully saturated rings. The average Bonchev–Trinajstić information content (AvgIpc) is 2.58. The van der Waals surface area contributed by atoms with Gasteiger partial charge in [-0.25, -0.2) is 4.98 Å². The Morgan fingerprint density at radius 1 is 1.15 bits per heavy atom. The fraction of sp³-hybridized carbons (Fsp3) is 0.294. The highest BCUT2D eigenvalue weighted by Crippen LogP contribution is 2.31. The zero-order chi connectivity index (χ0) is 18.3. The summed E-state index contributed by atoms with van der Waals surface area (Å²) >= 11 is 0. The Kier molecular flexibility index (Phi) is 8.34. The summed E-state index contributed by atoms with van der Waals surface area (Å²) in [7, 11) is 0. The third-order valence-corrected chi connectivity index (χ3v) is 3.42. The van der Waals surface area contributed by atoms with E-state index in [1.807, 2.05) is 0 Å². The second-order valence-corrected chi connectivity index (χ2v) is 5.35. The van der Waals surface area contributed by atoms with Gasteiger partial charge in [0.15, 0.2) is 0 Å². The standard InChI is InChI=1S/C17H19F3N4O.ClH/c18-17(19,20)12-5-3-6-13(11-12)24-15-14(7-4-10-22-15)16(25)23-9-2-1-8-21;/h3-7,10-11H,1-2,8-9,21H2,(H,22,24)(H,23,25);1H. The second-order valence-electron chi connectivity index (χ2n) is 5.35. The molecule has 0 radical (unpaired) electrons. The van der Waals surface area contributed by atoms with Gasteiger partial charge in [0, 0.05) is 18.4 Å². The number of carbonyl (C=O) groups is 1. The number of nitrogens with one attached hydrogen (secondary N) is 2. The first-order chi connectivity index (χ1) is 11.9. The summed E-state index contributed by atoms with van der Waals surface area (Å²) in [6, 6.07) is 7.87. The molecule has 0 atom stereocenters. The highest BCUT2D eigenvalue weighted by Gasteiger charge is 2.30. The van der Waals surface area contributed by atoms with Crippen LogP contribution in [0.3, 0.4) is 0 Å². The maximum absolute atomic E-state index is 12.8. The highest BCUT2D eigenvalue weighted by molar-refractivity contribution is 5.99. The van der Waals surface area contributed by atoms with Gasteiger partial charge in [0.1, 0.15) is 5.82 Å². The van der Waals surface area contributed by atoms with Gasteiger partial charge in [-0.05, 0) is 49.7 Å². The number of alkyl halides is 3. The first-order valence-corrected chi connectivity index (χ1v) is 7.79. The summed E-state index contributed by atoms with van der Waals surface area (Å²) in [4.78, 5) is 16.3. The minimum Gasteiger partial charge on any atom is -0.352 e. The van der Waals surface area contributed by atoms with Gasteiger partial charge in [-0.2, -0.15) is 13.2 Å². The number of rotatable bonds is 7. The number of nitrogens with zero attached hydrogens (tertiary/aromatic N) is 1. The number of carbonyl (C=O) groups excluding carboxylic acids is 1. The third-order valence-electron chi connectivity index (χ3n) is 3.42. The molecule has 2 aromatic rings. The Morgan fingerprint density at radius 2 is 1.92 bits per heavy atom. The molecule has 1 aromatic carbocycles. The van der Waals surface area contributed by atoms with Gasteiger partial charge in [0.25, 0.3) is 5.91 Å². The van der Waals surface area contributed by atoms with Crippen molar-refractivity contribution in [1.82, 2.24) is 10.3 Å². The van der Waals surface area contributed by atoms with Crippen molar-refractivity contribution in [3.63, 3.8) is 0 Å². The Labute approximate surface area is 155 Å². The number of hydrogen-bond donors (Lipinski definition) is 3. The molecule has 26 heavy (non-hydrogen) atoms. The molecule has 0 aliphatic heterocycles. The molecule has 1 heterocycles. The van der Waals surface area contributed by atoms with Crippen LogP contribution in [0.1, 0.15) is 28.8 Å². The Hall–Kier alpha value is -2.32. The van der Waals surface area contributed by atoms with E-state index >= 15 is 0 Å². The van der Waals surface area contributed by atoms with Crippen LogP contribution in [0.5, 0.6) is 0 Å². The third kappa shape index (κ3) is 6.20. The van der Waals surface area contributed by atoms with Crippen LogP contribution in [0.25, 0.3) is 0 Å². The van der Waals surface area contributed by atoms with Crippen molar-refractivity contribution in [2.75, 3.05) is 18.4 Å².